The monoisotopic (exact) mass is 730 g/mol. The Morgan fingerprint density at radius 1 is 0.944 bits per heavy atom. The second kappa shape index (κ2) is 16.0. The van der Waals surface area contributed by atoms with Gasteiger partial charge < -0.3 is 29.9 Å². The van der Waals surface area contributed by atoms with Crippen molar-refractivity contribution >= 4 is 34.9 Å². The van der Waals surface area contributed by atoms with E-state index in [1.165, 1.54) is 12.1 Å². The number of amides is 4. The van der Waals surface area contributed by atoms with Crippen LogP contribution >= 0.6 is 0 Å². The normalized spacial score (nSPS) is 15.2. The number of nitro groups is 1. The molecule has 2 N–H and O–H groups in total. The van der Waals surface area contributed by atoms with Crippen molar-refractivity contribution in [3.63, 3.8) is 0 Å². The molecule has 276 valence electrons. The zero-order valence-corrected chi connectivity index (χ0v) is 29.5. The molecule has 0 spiro atoms. The molecule has 4 amide bonds. The SMILES string of the molecule is Cc1ccc(NC(=O)Nc2cccc3c2CCN(C(=O)C2CN(C(=O)c4ccc(Cn5cc(COc6ccccc6[N+](=O)[O-])nn5)cc4)CCO2)C3)cc1. The van der Waals surface area contributed by atoms with E-state index in [0.29, 0.717) is 55.2 Å². The van der Waals surface area contributed by atoms with Crippen LogP contribution in [0.25, 0.3) is 0 Å². The van der Waals surface area contributed by atoms with Crippen LogP contribution in [0.15, 0.2) is 97.2 Å². The molecule has 1 fully saturated rings. The lowest BCUT2D eigenvalue weighted by Crippen LogP contribution is -2.53. The highest BCUT2D eigenvalue weighted by Gasteiger charge is 2.34. The molecule has 1 unspecified atom stereocenters. The first-order valence-corrected chi connectivity index (χ1v) is 17.5. The van der Waals surface area contributed by atoms with Crippen LogP contribution in [0.5, 0.6) is 5.75 Å². The number of benzene rings is 4. The number of carbonyl (C=O) groups excluding carboxylic acids is 3. The van der Waals surface area contributed by atoms with Gasteiger partial charge in [0.25, 0.3) is 11.8 Å². The molecule has 1 saturated heterocycles. The van der Waals surface area contributed by atoms with Gasteiger partial charge in [-0.05, 0) is 66.4 Å². The van der Waals surface area contributed by atoms with E-state index in [-0.39, 0.29) is 49.0 Å². The summed E-state index contributed by atoms with van der Waals surface area (Å²) in [5, 5.41) is 25.3. The van der Waals surface area contributed by atoms with Crippen molar-refractivity contribution in [3.8, 4) is 5.75 Å². The number of nitro benzene ring substituents is 1. The van der Waals surface area contributed by atoms with E-state index in [4.69, 9.17) is 9.47 Å². The Bertz CT molecular complexity index is 2170. The molecule has 2 aliphatic heterocycles. The van der Waals surface area contributed by atoms with E-state index >= 15 is 0 Å². The molecule has 0 saturated carbocycles. The quantitative estimate of drug-likeness (QED) is 0.145. The number of carbonyl (C=O) groups is 3. The van der Waals surface area contributed by atoms with E-state index in [1.54, 1.807) is 44.9 Å². The highest BCUT2D eigenvalue weighted by atomic mass is 16.6. The molecule has 7 rings (SSSR count). The minimum absolute atomic E-state index is 0.0142. The summed E-state index contributed by atoms with van der Waals surface area (Å²) in [7, 11) is 0. The van der Waals surface area contributed by atoms with Gasteiger partial charge in [0.1, 0.15) is 12.3 Å². The summed E-state index contributed by atoms with van der Waals surface area (Å²) in [5.41, 5.74) is 6.18. The molecular formula is C39H38N8O7. The second-order valence-corrected chi connectivity index (χ2v) is 13.1. The number of aromatic nitrogens is 3. The predicted octanol–water partition coefficient (Wildman–Crippen LogP) is 5.19. The third-order valence-corrected chi connectivity index (χ3v) is 9.33. The van der Waals surface area contributed by atoms with Crippen LogP contribution in [0.2, 0.25) is 0 Å². The molecule has 1 atom stereocenters. The molecular weight excluding hydrogens is 692 g/mol. The van der Waals surface area contributed by atoms with Gasteiger partial charge in [0.2, 0.25) is 0 Å². The number of rotatable bonds is 10. The first-order chi connectivity index (χ1) is 26.2. The Labute approximate surface area is 310 Å². The zero-order valence-electron chi connectivity index (χ0n) is 29.5. The number of nitrogens with one attached hydrogen (secondary N) is 2. The molecule has 2 aliphatic rings. The Morgan fingerprint density at radius 3 is 2.54 bits per heavy atom. The number of anilines is 2. The zero-order chi connectivity index (χ0) is 37.6. The third-order valence-electron chi connectivity index (χ3n) is 9.33. The van der Waals surface area contributed by atoms with Gasteiger partial charge in [-0.3, -0.25) is 19.7 Å². The fraction of sp³-hybridized carbons (Fsp3) is 0.256. The maximum absolute atomic E-state index is 13.7. The van der Waals surface area contributed by atoms with Crippen molar-refractivity contribution in [3.05, 3.63) is 141 Å². The lowest BCUT2D eigenvalue weighted by molar-refractivity contribution is -0.385. The van der Waals surface area contributed by atoms with Crippen molar-refractivity contribution in [1.82, 2.24) is 24.8 Å². The van der Waals surface area contributed by atoms with Crippen LogP contribution in [-0.4, -0.2) is 79.9 Å². The largest absolute Gasteiger partial charge is 0.480 e. The van der Waals surface area contributed by atoms with Crippen molar-refractivity contribution in [1.29, 1.82) is 0 Å². The van der Waals surface area contributed by atoms with Crippen molar-refractivity contribution in [2.24, 2.45) is 0 Å². The van der Waals surface area contributed by atoms with Gasteiger partial charge in [-0.25, -0.2) is 9.48 Å². The van der Waals surface area contributed by atoms with Crippen molar-refractivity contribution < 1.29 is 28.8 Å². The molecule has 0 aliphatic carbocycles. The molecule has 0 radical (unpaired) electrons. The van der Waals surface area contributed by atoms with Gasteiger partial charge in [-0.15, -0.1) is 5.10 Å². The molecule has 54 heavy (non-hydrogen) atoms. The summed E-state index contributed by atoms with van der Waals surface area (Å²) in [4.78, 5) is 54.1. The number of urea groups is 1. The van der Waals surface area contributed by atoms with E-state index in [0.717, 1.165) is 22.3 Å². The summed E-state index contributed by atoms with van der Waals surface area (Å²) < 4.78 is 13.1. The number of nitrogens with zero attached hydrogens (tertiary/aromatic N) is 6. The van der Waals surface area contributed by atoms with E-state index in [2.05, 4.69) is 20.9 Å². The average molecular weight is 731 g/mol. The van der Waals surface area contributed by atoms with Gasteiger partial charge in [-0.2, -0.15) is 0 Å². The Balaban J connectivity index is 0.911. The van der Waals surface area contributed by atoms with Crippen LogP contribution in [0.4, 0.5) is 21.9 Å². The summed E-state index contributed by atoms with van der Waals surface area (Å²) in [6.45, 7) is 3.95. The molecule has 1 aromatic heterocycles. The standard InChI is InChI=1S/C39H38N8O7/c1-26-9-15-30(16-10-26)40-39(50)41-33-6-4-5-29-22-44(18-17-32(29)33)38(49)36-24-45(19-20-53-36)37(48)28-13-11-27(12-14-28)21-46-23-31(42-43-46)25-54-35-8-3-2-7-34(35)47(51)52/h2-16,23,36H,17-22,24-25H2,1H3,(H2,40,41,50). The predicted molar refractivity (Wildman–Crippen MR) is 198 cm³/mol. The lowest BCUT2D eigenvalue weighted by Gasteiger charge is -2.37. The number of hydrogen-bond acceptors (Lipinski definition) is 9. The van der Waals surface area contributed by atoms with E-state index in [1.807, 2.05) is 61.5 Å². The first-order valence-electron chi connectivity index (χ1n) is 17.5. The summed E-state index contributed by atoms with van der Waals surface area (Å²) in [5.74, 6) is -0.222. The van der Waals surface area contributed by atoms with Gasteiger partial charge >= 0.3 is 11.7 Å². The topological polar surface area (TPSA) is 174 Å². The van der Waals surface area contributed by atoms with Crippen LogP contribution in [-0.2, 0) is 35.6 Å². The molecule has 4 aromatic carbocycles. The smallest absolute Gasteiger partial charge is 0.323 e. The van der Waals surface area contributed by atoms with Gasteiger partial charge in [0, 0.05) is 42.6 Å². The maximum Gasteiger partial charge on any atom is 0.323 e. The summed E-state index contributed by atoms with van der Waals surface area (Å²) in [6.07, 6.45) is 1.47. The van der Waals surface area contributed by atoms with Crippen LogP contribution in [0, 0.1) is 17.0 Å². The van der Waals surface area contributed by atoms with Gasteiger partial charge in [0.05, 0.1) is 30.8 Å². The fourth-order valence-electron chi connectivity index (χ4n) is 6.51. The minimum atomic E-state index is -0.788. The fourth-order valence-corrected chi connectivity index (χ4v) is 6.51. The van der Waals surface area contributed by atoms with E-state index in [9.17, 15) is 24.5 Å². The average Bonchev–Trinajstić information content (AvgIpc) is 3.64. The highest BCUT2D eigenvalue weighted by molar-refractivity contribution is 6.00. The van der Waals surface area contributed by atoms with Crippen LogP contribution in [0.1, 0.15) is 38.3 Å². The number of ether oxygens (including phenoxy) is 2. The number of aryl methyl sites for hydroxylation is 1. The molecule has 5 aromatic rings. The van der Waals surface area contributed by atoms with Crippen LogP contribution < -0.4 is 15.4 Å². The van der Waals surface area contributed by atoms with Crippen molar-refractivity contribution in [2.75, 3.05) is 36.9 Å². The number of hydrogen-bond donors (Lipinski definition) is 2. The molecule has 15 heteroatoms. The lowest BCUT2D eigenvalue weighted by atomic mass is 9.97. The maximum atomic E-state index is 13.7. The molecule has 3 heterocycles. The third kappa shape index (κ3) is 8.37. The van der Waals surface area contributed by atoms with Gasteiger partial charge in [-0.1, -0.05) is 59.3 Å². The minimum Gasteiger partial charge on any atom is -0.480 e. The Kier molecular flexibility index (Phi) is 10.6. The van der Waals surface area contributed by atoms with E-state index < -0.39 is 11.0 Å². The Morgan fingerprint density at radius 2 is 1.74 bits per heavy atom. The molecule has 0 bridgehead atoms. The number of fused-ring (bicyclic) bond motifs is 1. The number of para-hydroxylation sites is 2. The first kappa shape index (κ1) is 35.8. The van der Waals surface area contributed by atoms with Crippen LogP contribution in [0.3, 0.4) is 0 Å². The summed E-state index contributed by atoms with van der Waals surface area (Å²) >= 11 is 0. The second-order valence-electron chi connectivity index (χ2n) is 13.1. The summed E-state index contributed by atoms with van der Waals surface area (Å²) in [6, 6.07) is 26.2. The Hall–Kier alpha value is -6.61. The van der Waals surface area contributed by atoms with Crippen molar-refractivity contribution in [2.45, 2.75) is 39.1 Å². The highest BCUT2D eigenvalue weighted by Crippen LogP contribution is 2.28. The van der Waals surface area contributed by atoms with Gasteiger partial charge in [0.15, 0.2) is 11.9 Å². The molecule has 15 nitrogen and oxygen atoms in total. The number of morpholine rings is 1.